The van der Waals surface area contributed by atoms with Crippen molar-refractivity contribution >= 4 is 5.97 Å². The van der Waals surface area contributed by atoms with Crippen LogP contribution in [0.2, 0.25) is 0 Å². The van der Waals surface area contributed by atoms with Gasteiger partial charge in [-0.05, 0) is 110 Å². The molecule has 0 aromatic rings. The van der Waals surface area contributed by atoms with Crippen LogP contribution in [-0.2, 0) is 4.79 Å². The minimum absolute atomic E-state index is 0.0308. The molecule has 0 bridgehead atoms. The molecule has 0 spiro atoms. The van der Waals surface area contributed by atoms with Gasteiger partial charge in [-0.1, -0.05) is 64.8 Å². The molecule has 0 radical (unpaired) electrons. The summed E-state index contributed by atoms with van der Waals surface area (Å²) in [5, 5.41) is 9.56. The van der Waals surface area contributed by atoms with Crippen molar-refractivity contribution in [2.24, 2.45) is 38.9 Å². The van der Waals surface area contributed by atoms with Crippen molar-refractivity contribution in [3.8, 4) is 0 Å². The fourth-order valence-corrected chi connectivity index (χ4v) is 9.41. The number of aliphatic carboxylic acids is 1. The van der Waals surface area contributed by atoms with Crippen LogP contribution >= 0.6 is 0 Å². The maximum absolute atomic E-state index is 11.6. The van der Waals surface area contributed by atoms with Crippen molar-refractivity contribution < 1.29 is 9.90 Å². The van der Waals surface area contributed by atoms with Crippen LogP contribution in [-0.4, -0.2) is 11.1 Å². The van der Waals surface area contributed by atoms with Crippen molar-refractivity contribution in [3.05, 3.63) is 23.3 Å². The van der Waals surface area contributed by atoms with Crippen molar-refractivity contribution in [1.82, 2.24) is 0 Å². The van der Waals surface area contributed by atoms with Crippen LogP contribution in [0.1, 0.15) is 119 Å². The molecule has 2 nitrogen and oxygen atoms in total. The molecule has 6 unspecified atom stereocenters. The minimum atomic E-state index is -0.651. The zero-order valence-corrected chi connectivity index (χ0v) is 22.0. The van der Waals surface area contributed by atoms with Gasteiger partial charge in [0.2, 0.25) is 0 Å². The molecule has 0 aromatic carbocycles. The standard InChI is InChI=1S/C30H48O2/c1-20(2)21-11-14-30(8)24(28(21,6)13-12-25(31)32)10-9-22-23-19-26(3,4)15-16-27(23,5)17-18-29(22,30)7/h21,24H,1,9-19H2,2-8H3,(H,31,32). The van der Waals surface area contributed by atoms with E-state index in [0.717, 1.165) is 6.42 Å². The smallest absolute Gasteiger partial charge is 0.303 e. The van der Waals surface area contributed by atoms with Gasteiger partial charge >= 0.3 is 5.97 Å². The highest BCUT2D eigenvalue weighted by Crippen LogP contribution is 2.73. The topological polar surface area (TPSA) is 37.3 Å². The Morgan fingerprint density at radius 3 is 2.25 bits per heavy atom. The van der Waals surface area contributed by atoms with Crippen LogP contribution in [0.4, 0.5) is 0 Å². The number of hydrogen-bond donors (Lipinski definition) is 1. The van der Waals surface area contributed by atoms with Gasteiger partial charge in [-0.3, -0.25) is 4.79 Å². The number of allylic oxidation sites excluding steroid dienone is 3. The van der Waals surface area contributed by atoms with Gasteiger partial charge in [-0.25, -0.2) is 0 Å². The molecule has 180 valence electrons. The summed E-state index contributed by atoms with van der Waals surface area (Å²) in [5.41, 5.74) is 6.28. The lowest BCUT2D eigenvalue weighted by molar-refractivity contribution is -0.147. The van der Waals surface area contributed by atoms with Gasteiger partial charge in [0, 0.05) is 6.42 Å². The van der Waals surface area contributed by atoms with Gasteiger partial charge in [-0.15, -0.1) is 0 Å². The predicted molar refractivity (Wildman–Crippen MR) is 133 cm³/mol. The van der Waals surface area contributed by atoms with E-state index in [2.05, 4.69) is 55.0 Å². The molecule has 0 amide bonds. The molecule has 2 heteroatoms. The first-order chi connectivity index (χ1) is 14.7. The van der Waals surface area contributed by atoms with Crippen LogP contribution < -0.4 is 0 Å². The summed E-state index contributed by atoms with van der Waals surface area (Å²) in [5.74, 6) is 0.363. The molecule has 32 heavy (non-hydrogen) atoms. The van der Waals surface area contributed by atoms with Gasteiger partial charge in [0.1, 0.15) is 0 Å². The zero-order valence-electron chi connectivity index (χ0n) is 22.0. The SMILES string of the molecule is C=C(C)C1CCC2(C)C(CCC3=C4CC(C)(C)CCC4(C)CCC32C)C1(C)CCC(=O)O. The van der Waals surface area contributed by atoms with E-state index in [1.165, 1.54) is 63.4 Å². The Hall–Kier alpha value is -1.05. The molecule has 1 N–H and O–H groups in total. The summed E-state index contributed by atoms with van der Waals surface area (Å²) < 4.78 is 0. The minimum Gasteiger partial charge on any atom is -0.481 e. The largest absolute Gasteiger partial charge is 0.481 e. The number of fused-ring (bicyclic) bond motifs is 4. The van der Waals surface area contributed by atoms with E-state index in [1.807, 2.05) is 11.1 Å². The van der Waals surface area contributed by atoms with Crippen LogP contribution in [0.15, 0.2) is 23.3 Å². The summed E-state index contributed by atoms with van der Waals surface area (Å²) in [6.07, 6.45) is 12.6. The molecule has 4 rings (SSSR count). The molecular formula is C30H48O2. The van der Waals surface area contributed by atoms with E-state index < -0.39 is 5.97 Å². The maximum Gasteiger partial charge on any atom is 0.303 e. The van der Waals surface area contributed by atoms with Gasteiger partial charge in [0.25, 0.3) is 0 Å². The second-order valence-corrected chi connectivity index (χ2v) is 14.0. The van der Waals surface area contributed by atoms with Crippen molar-refractivity contribution in [1.29, 1.82) is 0 Å². The highest BCUT2D eigenvalue weighted by atomic mass is 16.4. The third-order valence-corrected chi connectivity index (χ3v) is 11.7. The average Bonchev–Trinajstić information content (AvgIpc) is 2.68. The fraction of sp³-hybridized carbons (Fsp3) is 0.833. The molecule has 4 aliphatic carbocycles. The fourth-order valence-electron chi connectivity index (χ4n) is 9.41. The molecule has 6 atom stereocenters. The number of carbonyl (C=O) groups is 1. The molecule has 0 aliphatic heterocycles. The lowest BCUT2D eigenvalue weighted by Gasteiger charge is -2.68. The normalized spacial score (nSPS) is 45.5. The molecule has 0 aromatic heterocycles. The summed E-state index contributed by atoms with van der Waals surface area (Å²) in [6, 6.07) is 0. The van der Waals surface area contributed by atoms with E-state index in [0.29, 0.717) is 22.7 Å². The first-order valence-electron chi connectivity index (χ1n) is 13.3. The first kappa shape index (κ1) is 24.1. The second-order valence-electron chi connectivity index (χ2n) is 14.0. The monoisotopic (exact) mass is 440 g/mol. The van der Waals surface area contributed by atoms with Crippen LogP contribution in [0.3, 0.4) is 0 Å². The Morgan fingerprint density at radius 1 is 0.969 bits per heavy atom. The Kier molecular flexibility index (Phi) is 5.63. The Balaban J connectivity index is 1.80. The Labute approximate surface area is 197 Å². The van der Waals surface area contributed by atoms with Crippen LogP contribution in [0, 0.1) is 38.9 Å². The third kappa shape index (κ3) is 3.37. The van der Waals surface area contributed by atoms with Gasteiger partial charge in [0.15, 0.2) is 0 Å². The first-order valence-corrected chi connectivity index (χ1v) is 13.3. The molecule has 0 saturated heterocycles. The molecule has 3 fully saturated rings. The quantitative estimate of drug-likeness (QED) is 0.444. The molecule has 4 aliphatic rings. The lowest BCUT2D eigenvalue weighted by atomic mass is 9.36. The zero-order chi connectivity index (χ0) is 23.7. The third-order valence-electron chi connectivity index (χ3n) is 11.7. The van der Waals surface area contributed by atoms with Crippen LogP contribution in [0.5, 0.6) is 0 Å². The van der Waals surface area contributed by atoms with E-state index in [4.69, 9.17) is 0 Å². The lowest BCUT2D eigenvalue weighted by Crippen LogP contribution is -2.60. The number of rotatable bonds is 4. The summed E-state index contributed by atoms with van der Waals surface area (Å²) in [4.78, 5) is 11.6. The van der Waals surface area contributed by atoms with E-state index in [-0.39, 0.29) is 22.7 Å². The predicted octanol–water partition coefficient (Wildman–Crippen LogP) is 8.57. The highest BCUT2D eigenvalue weighted by molar-refractivity contribution is 5.66. The summed E-state index contributed by atoms with van der Waals surface area (Å²) in [7, 11) is 0. The van der Waals surface area contributed by atoms with Crippen molar-refractivity contribution in [2.45, 2.75) is 119 Å². The Bertz CT molecular complexity index is 849. The molecule has 3 saturated carbocycles. The van der Waals surface area contributed by atoms with Crippen molar-refractivity contribution in [2.75, 3.05) is 0 Å². The van der Waals surface area contributed by atoms with Gasteiger partial charge in [-0.2, -0.15) is 0 Å². The number of carboxylic acid groups (broad SMARTS) is 1. The van der Waals surface area contributed by atoms with E-state index in [1.54, 1.807) is 0 Å². The molecule has 0 heterocycles. The number of carboxylic acids is 1. The van der Waals surface area contributed by atoms with Crippen molar-refractivity contribution in [3.63, 3.8) is 0 Å². The maximum atomic E-state index is 11.6. The summed E-state index contributed by atoms with van der Waals surface area (Å²) in [6.45, 7) is 21.7. The number of hydrogen-bond acceptors (Lipinski definition) is 1. The van der Waals surface area contributed by atoms with Gasteiger partial charge < -0.3 is 5.11 Å². The second kappa shape index (κ2) is 7.47. The van der Waals surface area contributed by atoms with Crippen LogP contribution in [0.25, 0.3) is 0 Å². The average molecular weight is 441 g/mol. The highest BCUT2D eigenvalue weighted by Gasteiger charge is 2.64. The van der Waals surface area contributed by atoms with E-state index in [9.17, 15) is 9.90 Å². The van der Waals surface area contributed by atoms with E-state index >= 15 is 0 Å². The molecular weight excluding hydrogens is 392 g/mol. The summed E-state index contributed by atoms with van der Waals surface area (Å²) >= 11 is 0. The Morgan fingerprint density at radius 2 is 1.62 bits per heavy atom. The van der Waals surface area contributed by atoms with Gasteiger partial charge in [0.05, 0.1) is 0 Å².